The van der Waals surface area contributed by atoms with Crippen molar-refractivity contribution < 1.29 is 4.79 Å². The Labute approximate surface area is 119 Å². The van der Waals surface area contributed by atoms with Crippen LogP contribution in [0.3, 0.4) is 0 Å². The zero-order chi connectivity index (χ0) is 14.3. The van der Waals surface area contributed by atoms with Crippen LogP contribution in [0.25, 0.3) is 0 Å². The first-order valence-corrected chi connectivity index (χ1v) is 7.59. The number of pyridine rings is 1. The van der Waals surface area contributed by atoms with E-state index in [9.17, 15) is 4.79 Å². The lowest BCUT2D eigenvalue weighted by Crippen LogP contribution is -2.40. The summed E-state index contributed by atoms with van der Waals surface area (Å²) in [6.07, 6.45) is 2.69. The lowest BCUT2D eigenvalue weighted by Gasteiger charge is -2.14. The zero-order valence-electron chi connectivity index (χ0n) is 11.7. The fourth-order valence-corrected chi connectivity index (χ4v) is 1.99. The molecule has 1 amide bonds. The highest BCUT2D eigenvalue weighted by atomic mass is 32.2. The van der Waals surface area contributed by atoms with Gasteiger partial charge in [-0.3, -0.25) is 4.79 Å². The zero-order valence-corrected chi connectivity index (χ0v) is 12.5. The molecule has 106 valence electrons. The van der Waals surface area contributed by atoms with Gasteiger partial charge in [0.2, 0.25) is 5.91 Å². The van der Waals surface area contributed by atoms with Crippen LogP contribution in [0.4, 0.5) is 5.82 Å². The van der Waals surface area contributed by atoms with Crippen molar-refractivity contribution >= 4 is 23.5 Å². The Morgan fingerprint density at radius 3 is 2.89 bits per heavy atom. The Bertz CT molecular complexity index is 411. The minimum Gasteiger partial charge on any atom is -0.363 e. The molecule has 0 aliphatic heterocycles. The number of rotatable bonds is 7. The van der Waals surface area contributed by atoms with E-state index in [1.165, 1.54) is 0 Å². The van der Waals surface area contributed by atoms with Gasteiger partial charge in [0, 0.05) is 14.1 Å². The number of carbonyl (C=O) groups excluding carboxylic acids is 1. The summed E-state index contributed by atoms with van der Waals surface area (Å²) in [5.74, 6) is 1.65. The van der Waals surface area contributed by atoms with E-state index in [-0.39, 0.29) is 5.91 Å². The van der Waals surface area contributed by atoms with Gasteiger partial charge < -0.3 is 16.0 Å². The van der Waals surface area contributed by atoms with Gasteiger partial charge in [0.15, 0.2) is 0 Å². The highest BCUT2D eigenvalue weighted by Crippen LogP contribution is 2.07. The predicted molar refractivity (Wildman–Crippen MR) is 81.4 cm³/mol. The minimum absolute atomic E-state index is 0.119. The van der Waals surface area contributed by atoms with E-state index in [0.29, 0.717) is 13.0 Å². The fraction of sp³-hybridized carbons (Fsp3) is 0.538. The highest BCUT2D eigenvalue weighted by molar-refractivity contribution is 7.98. The van der Waals surface area contributed by atoms with Crippen LogP contribution in [0.1, 0.15) is 12.1 Å². The number of nitrogens with zero attached hydrogens (tertiary/aromatic N) is 2. The van der Waals surface area contributed by atoms with Crippen LogP contribution in [0.5, 0.6) is 0 Å². The summed E-state index contributed by atoms with van der Waals surface area (Å²) in [7, 11) is 3.87. The van der Waals surface area contributed by atoms with Crippen LogP contribution in [0, 0.1) is 0 Å². The molecule has 1 aromatic rings. The molecule has 6 heteroatoms. The lowest BCUT2D eigenvalue weighted by atomic mass is 10.2. The van der Waals surface area contributed by atoms with Crippen molar-refractivity contribution in [1.29, 1.82) is 0 Å². The monoisotopic (exact) mass is 282 g/mol. The largest absolute Gasteiger partial charge is 0.363 e. The van der Waals surface area contributed by atoms with Crippen molar-refractivity contribution in [2.45, 2.75) is 19.0 Å². The summed E-state index contributed by atoms with van der Waals surface area (Å²) < 4.78 is 0. The molecule has 1 unspecified atom stereocenters. The molecule has 0 aliphatic carbocycles. The molecule has 5 nitrogen and oxygen atoms in total. The van der Waals surface area contributed by atoms with E-state index < -0.39 is 6.04 Å². The summed E-state index contributed by atoms with van der Waals surface area (Å²) in [6, 6.07) is 5.30. The molecule has 1 heterocycles. The molecule has 0 aromatic carbocycles. The summed E-state index contributed by atoms with van der Waals surface area (Å²) >= 11 is 1.69. The molecular weight excluding hydrogens is 260 g/mol. The SMILES string of the molecule is CSCCC(N)C(=O)NCc1cccc(N(C)C)n1. The summed E-state index contributed by atoms with van der Waals surface area (Å²) in [5, 5.41) is 2.82. The molecule has 0 saturated carbocycles. The second-order valence-corrected chi connectivity index (χ2v) is 5.47. The molecule has 0 saturated heterocycles. The van der Waals surface area contributed by atoms with Crippen LogP contribution < -0.4 is 16.0 Å². The van der Waals surface area contributed by atoms with Gasteiger partial charge in [-0.05, 0) is 30.6 Å². The number of hydrogen-bond acceptors (Lipinski definition) is 5. The maximum absolute atomic E-state index is 11.8. The van der Waals surface area contributed by atoms with E-state index in [2.05, 4.69) is 10.3 Å². The number of nitrogens with two attached hydrogens (primary N) is 1. The summed E-state index contributed by atoms with van der Waals surface area (Å²) in [6.45, 7) is 0.410. The average molecular weight is 282 g/mol. The van der Waals surface area contributed by atoms with Crippen molar-refractivity contribution in [2.75, 3.05) is 31.0 Å². The minimum atomic E-state index is -0.440. The number of anilines is 1. The fourth-order valence-electron chi connectivity index (χ4n) is 1.50. The van der Waals surface area contributed by atoms with Gasteiger partial charge in [-0.2, -0.15) is 11.8 Å². The average Bonchev–Trinajstić information content (AvgIpc) is 2.42. The van der Waals surface area contributed by atoms with Crippen molar-refractivity contribution in [2.24, 2.45) is 5.73 Å². The van der Waals surface area contributed by atoms with Crippen LogP contribution in [-0.4, -0.2) is 43.0 Å². The molecule has 0 spiro atoms. The molecule has 1 atom stereocenters. The summed E-state index contributed by atoms with van der Waals surface area (Å²) in [4.78, 5) is 18.1. The van der Waals surface area contributed by atoms with E-state index >= 15 is 0 Å². The van der Waals surface area contributed by atoms with Crippen LogP contribution in [-0.2, 0) is 11.3 Å². The third kappa shape index (κ3) is 5.48. The van der Waals surface area contributed by atoms with E-state index in [0.717, 1.165) is 17.3 Å². The molecule has 3 N–H and O–H groups in total. The number of aromatic nitrogens is 1. The van der Waals surface area contributed by atoms with Crippen molar-refractivity contribution in [3.05, 3.63) is 23.9 Å². The Hall–Kier alpha value is -1.27. The first-order valence-electron chi connectivity index (χ1n) is 6.20. The van der Waals surface area contributed by atoms with Crippen LogP contribution in [0.15, 0.2) is 18.2 Å². The molecule has 0 bridgehead atoms. The maximum Gasteiger partial charge on any atom is 0.237 e. The Morgan fingerprint density at radius 2 is 2.26 bits per heavy atom. The lowest BCUT2D eigenvalue weighted by molar-refractivity contribution is -0.122. The van der Waals surface area contributed by atoms with Gasteiger partial charge >= 0.3 is 0 Å². The molecule has 19 heavy (non-hydrogen) atoms. The van der Waals surface area contributed by atoms with Gasteiger partial charge in [-0.25, -0.2) is 4.98 Å². The molecule has 0 aliphatic rings. The first-order chi connectivity index (χ1) is 9.04. The third-order valence-corrected chi connectivity index (χ3v) is 3.31. The summed E-state index contributed by atoms with van der Waals surface area (Å²) in [5.41, 5.74) is 6.62. The number of nitrogens with one attached hydrogen (secondary N) is 1. The second-order valence-electron chi connectivity index (χ2n) is 4.49. The van der Waals surface area contributed by atoms with Crippen molar-refractivity contribution in [3.8, 4) is 0 Å². The Balaban J connectivity index is 2.47. The van der Waals surface area contributed by atoms with Gasteiger partial charge in [0.05, 0.1) is 18.3 Å². The number of carbonyl (C=O) groups is 1. The van der Waals surface area contributed by atoms with E-state index in [1.807, 2.05) is 43.5 Å². The molecule has 0 fully saturated rings. The molecular formula is C13H22N4OS. The van der Waals surface area contributed by atoms with Gasteiger partial charge in [-0.1, -0.05) is 6.07 Å². The Kier molecular flexibility index (Phi) is 6.66. The Morgan fingerprint density at radius 1 is 1.53 bits per heavy atom. The number of hydrogen-bond donors (Lipinski definition) is 2. The molecule has 1 rings (SSSR count). The normalized spacial score (nSPS) is 12.0. The van der Waals surface area contributed by atoms with Gasteiger partial charge in [-0.15, -0.1) is 0 Å². The quantitative estimate of drug-likeness (QED) is 0.775. The predicted octanol–water partition coefficient (Wildman–Crippen LogP) is 0.844. The van der Waals surface area contributed by atoms with E-state index in [4.69, 9.17) is 5.73 Å². The van der Waals surface area contributed by atoms with Crippen molar-refractivity contribution in [3.63, 3.8) is 0 Å². The van der Waals surface area contributed by atoms with Crippen molar-refractivity contribution in [1.82, 2.24) is 10.3 Å². The van der Waals surface area contributed by atoms with Crippen LogP contribution >= 0.6 is 11.8 Å². The van der Waals surface area contributed by atoms with Gasteiger partial charge in [0.25, 0.3) is 0 Å². The number of thioether (sulfide) groups is 1. The van der Waals surface area contributed by atoms with Crippen LogP contribution in [0.2, 0.25) is 0 Å². The number of amides is 1. The standard InChI is InChI=1S/C13H22N4OS/c1-17(2)12-6-4-5-10(16-12)9-15-13(18)11(14)7-8-19-3/h4-6,11H,7-9,14H2,1-3H3,(H,15,18). The highest BCUT2D eigenvalue weighted by Gasteiger charge is 2.12. The van der Waals surface area contributed by atoms with Gasteiger partial charge in [0.1, 0.15) is 5.82 Å². The third-order valence-electron chi connectivity index (χ3n) is 2.66. The topological polar surface area (TPSA) is 71.2 Å². The second kappa shape index (κ2) is 8.01. The molecule has 0 radical (unpaired) electrons. The molecule has 1 aromatic heterocycles. The smallest absolute Gasteiger partial charge is 0.237 e. The first kappa shape index (κ1) is 15.8. The van der Waals surface area contributed by atoms with E-state index in [1.54, 1.807) is 11.8 Å². The maximum atomic E-state index is 11.8.